The summed E-state index contributed by atoms with van der Waals surface area (Å²) in [4.78, 5) is 188. The monoisotopic (exact) mass is 2060 g/mol. The molecule has 45 heteroatoms. The van der Waals surface area contributed by atoms with Gasteiger partial charge < -0.3 is 84.5 Å². The van der Waals surface area contributed by atoms with Crippen molar-refractivity contribution in [3.8, 4) is 22.3 Å². The molecule has 6 atom stereocenters. The average Bonchev–Trinajstić information content (AvgIpc) is 1.60. The smallest absolute Gasteiger partial charge is 0.417 e. The number of aromatic amines is 2. The minimum Gasteiger partial charge on any atom is -0.478 e. The molecule has 6 aliphatic rings. The number of anilines is 5. The molecule has 4 fully saturated rings. The van der Waals surface area contributed by atoms with E-state index in [4.69, 9.17) is 48.7 Å². The van der Waals surface area contributed by atoms with Crippen LogP contribution in [0, 0.1) is 11.6 Å². The topological polar surface area (TPSA) is 470 Å². The average molecular weight is 2060 g/mol. The number of nitrogens with zero attached hydrogens (tertiary/aromatic N) is 6. The Hall–Kier alpha value is -13.7. The second kappa shape index (κ2) is 52.0. The third-order valence-electron chi connectivity index (χ3n) is 25.5. The van der Waals surface area contributed by atoms with E-state index in [1.165, 1.54) is 42.5 Å². The number of amides is 10. The first-order valence-corrected chi connectivity index (χ1v) is 47.8. The van der Waals surface area contributed by atoms with Crippen molar-refractivity contribution in [2.24, 2.45) is 5.73 Å². The number of aromatic nitrogens is 2. The van der Waals surface area contributed by atoms with Crippen LogP contribution in [0.5, 0.6) is 0 Å². The van der Waals surface area contributed by atoms with E-state index in [2.05, 4.69) is 46.4 Å². The highest BCUT2D eigenvalue weighted by molar-refractivity contribution is 6.26. The van der Waals surface area contributed by atoms with Crippen LogP contribution >= 0.6 is 0 Å². The number of carbonyl (C=O) groups is 12. The van der Waals surface area contributed by atoms with E-state index < -0.39 is 134 Å². The number of likely N-dealkylation sites (N-methyl/N-ethyl adjacent to an activating group) is 2. The molecule has 6 aromatic carbocycles. The van der Waals surface area contributed by atoms with Gasteiger partial charge in [-0.15, -0.1) is 0 Å². The predicted octanol–water partition coefficient (Wildman–Crippen LogP) is 10.2. The van der Waals surface area contributed by atoms with Crippen LogP contribution in [0.2, 0.25) is 0 Å². The molecule has 10 N–H and O–H groups in total. The van der Waals surface area contributed by atoms with E-state index in [1.807, 2.05) is 57.7 Å². The fraction of sp³-hybridized carbons (Fsp3) is 0.431. The van der Waals surface area contributed by atoms with Gasteiger partial charge in [-0.25, -0.2) is 13.6 Å². The van der Waals surface area contributed by atoms with Gasteiger partial charge in [0.05, 0.1) is 165 Å². The number of nitrogens with one attached hydrogen (secondary N) is 7. The highest BCUT2D eigenvalue weighted by atomic mass is 19.4. The minimum absolute atomic E-state index is 0.0315. The Balaban J connectivity index is 0.000000217. The number of rotatable bonds is 44. The Morgan fingerprint density at radius 1 is 0.442 bits per heavy atom. The molecule has 4 saturated heterocycles. The van der Waals surface area contributed by atoms with Crippen LogP contribution in [0.3, 0.4) is 0 Å². The Morgan fingerprint density at radius 2 is 0.837 bits per heavy atom. The van der Waals surface area contributed by atoms with Gasteiger partial charge in [0.2, 0.25) is 34.7 Å². The summed E-state index contributed by atoms with van der Waals surface area (Å²) in [5.41, 5.74) is 2.97. The lowest BCUT2D eigenvalue weighted by molar-refractivity contribution is -0.138. The third kappa shape index (κ3) is 29.2. The summed E-state index contributed by atoms with van der Waals surface area (Å²) in [6.07, 6.45) is -6.54. The van der Waals surface area contributed by atoms with Gasteiger partial charge in [0.25, 0.3) is 35.4 Å². The molecule has 2 aromatic heterocycles. The molecule has 8 heterocycles. The van der Waals surface area contributed by atoms with E-state index in [0.717, 1.165) is 27.5 Å². The zero-order valence-corrected chi connectivity index (χ0v) is 81.6. The summed E-state index contributed by atoms with van der Waals surface area (Å²) < 4.78 is 157. The summed E-state index contributed by atoms with van der Waals surface area (Å²) in [5.74, 6) is -9.69. The summed E-state index contributed by atoms with van der Waals surface area (Å²) in [5, 5.41) is 21.7. The van der Waals surface area contributed by atoms with E-state index in [9.17, 15) is 97.9 Å². The molecule has 147 heavy (non-hydrogen) atoms. The largest absolute Gasteiger partial charge is 0.478 e. The van der Waals surface area contributed by atoms with E-state index in [-0.39, 0.29) is 139 Å². The normalized spacial score (nSPS) is 18.1. The number of pyridine rings is 2. The number of aromatic carboxylic acids is 1. The number of alkyl halides is 6. The number of ether oxygens (including phenoxy) is 8. The third-order valence-corrected chi connectivity index (χ3v) is 25.5. The van der Waals surface area contributed by atoms with Crippen LogP contribution in [-0.4, -0.2) is 301 Å². The second-order valence-electron chi connectivity index (χ2n) is 35.6. The summed E-state index contributed by atoms with van der Waals surface area (Å²) in [6, 6.07) is 25.9. The molecule has 37 nitrogen and oxygen atoms in total. The number of carboxylic acids is 1. The van der Waals surface area contributed by atoms with Crippen molar-refractivity contribution < 1.29 is 136 Å². The maximum absolute atomic E-state index is 15.8. The SMILES string of the molecule is C[C@@H]1CN(c2ccc(-c3ccc(C(=O)CCCOCCOCCOCCOCCNc4cccc5c4C(=O)N(C4CCC(=O)NC4=O)C5=O)cc3F)cc2NC(=O)c2c[nH]c(=O)cc2C(F)(F)F)C[C@H](C)N1C.C[C@@H]1CN(c2ccc(-c3ccc(C(=O)O)cc3F)cc2NC(=O)c2c[nH]c(=O)cc2C(F)(F)F)C[C@H](C)N1C.NCCOCCOCCOCCOCCCc1cccc2c1C(=O)N(C1CCC(=O)NC1=O)C2=O. The van der Waals surface area contributed by atoms with Gasteiger partial charge in [-0.2, -0.15) is 26.3 Å². The summed E-state index contributed by atoms with van der Waals surface area (Å²) in [7, 11) is 3.97. The zero-order chi connectivity index (χ0) is 106. The molecular weight excluding hydrogens is 1940 g/mol. The number of imide groups is 4. The van der Waals surface area contributed by atoms with E-state index in [0.29, 0.717) is 196 Å². The molecule has 0 aliphatic carbocycles. The molecule has 10 amide bonds. The van der Waals surface area contributed by atoms with Gasteiger partial charge in [0.1, 0.15) is 23.7 Å². The van der Waals surface area contributed by atoms with Crippen molar-refractivity contribution in [1.29, 1.82) is 0 Å². The number of Topliss-reactive ketones (excluding diaryl/α,β-unsaturated/α-hetero) is 1. The van der Waals surface area contributed by atoms with Crippen molar-refractivity contribution in [2.45, 2.75) is 128 Å². The van der Waals surface area contributed by atoms with Gasteiger partial charge >= 0.3 is 18.3 Å². The molecule has 0 spiro atoms. The number of H-pyrrole nitrogens is 2. The lowest BCUT2D eigenvalue weighted by Gasteiger charge is -2.44. The maximum Gasteiger partial charge on any atom is 0.417 e. The number of fused-ring (bicyclic) bond motifs is 2. The fourth-order valence-electron chi connectivity index (χ4n) is 17.5. The number of hydrogen-bond acceptors (Lipinski definition) is 28. The maximum atomic E-state index is 15.8. The lowest BCUT2D eigenvalue weighted by atomic mass is 9.98. The Morgan fingerprint density at radius 3 is 1.26 bits per heavy atom. The number of carboxylic acid groups (broad SMARTS) is 1. The van der Waals surface area contributed by atoms with Gasteiger partial charge in [0.15, 0.2) is 5.78 Å². The number of carbonyl (C=O) groups excluding carboxylic acids is 11. The van der Waals surface area contributed by atoms with Crippen molar-refractivity contribution in [1.82, 2.24) is 40.2 Å². The molecule has 0 radical (unpaired) electrons. The number of halogens is 8. The van der Waals surface area contributed by atoms with Gasteiger partial charge in [0, 0.05) is 143 Å². The first kappa shape index (κ1) is 112. The standard InChI is InChI=1S/C51H57F4N7O11.C27H26F4N4O4.C24H33N3O8/c1-30-28-61(29-31(2)60(30)3)41-12-10-32(25-40(41)58-47(66)36-27-57-45(65)26-37(36)51(53,54)55)34-11-9-33(24-38(34)52)43(63)8-5-16-70-18-20-72-22-23-73-21-19-71-17-15-56-39-7-4-6-35-46(39)50(69)62(49(35)68)42-13-14-44(64)59-48(42)67;1-14-12-35(13-15(2)34(14)3)23-7-5-16(18-6-4-17(26(38)39)8-21(18)28)9-22(23)33-25(37)19-11-32-24(36)10-20(19)27(29,30)31;25-8-10-33-12-14-35-16-15-34-13-11-32-9-2-4-17-3-1-5-18-21(17)24(31)27(23(18)30)19-6-7-20(28)26-22(19)29/h4,6-7,9-12,24-27,30-31,42,56H,5,8,13-23,28-29H2,1-3H3,(H,57,65)(H,58,66)(H,59,64,67);4-11,14-15H,12-13H2,1-3H3,(H,32,36)(H,33,37)(H,38,39);1,3,5,19H,2,4,6-16,25H2,(H,26,28,29)/t30-,31+,42?;14-,15+;. The minimum atomic E-state index is -4.99. The number of benzene rings is 6. The molecule has 0 saturated carbocycles. The van der Waals surface area contributed by atoms with Crippen LogP contribution in [0.1, 0.15) is 172 Å². The number of hydrogen-bond donors (Lipinski definition) is 9. The lowest BCUT2D eigenvalue weighted by Crippen LogP contribution is -2.55. The number of ketones is 1. The first-order valence-electron chi connectivity index (χ1n) is 47.8. The van der Waals surface area contributed by atoms with E-state index >= 15 is 4.39 Å². The molecule has 14 rings (SSSR count). The van der Waals surface area contributed by atoms with Crippen molar-refractivity contribution in [3.05, 3.63) is 227 Å². The van der Waals surface area contributed by atoms with Crippen molar-refractivity contribution >= 4 is 99.3 Å². The number of piperazine rings is 2. The fourth-order valence-corrected chi connectivity index (χ4v) is 17.5. The van der Waals surface area contributed by atoms with Crippen molar-refractivity contribution in [2.75, 3.05) is 185 Å². The van der Waals surface area contributed by atoms with Gasteiger partial charge in [-0.1, -0.05) is 48.5 Å². The first-order chi connectivity index (χ1) is 70.2. The molecule has 0 bridgehead atoms. The molecule has 788 valence electrons. The van der Waals surface area contributed by atoms with Crippen LogP contribution < -0.4 is 53.2 Å². The molecular formula is C102H116F8N14O23. The quantitative estimate of drug-likeness (QED) is 0.00741. The highest BCUT2D eigenvalue weighted by Gasteiger charge is 2.48. The Bertz CT molecular complexity index is 6240. The highest BCUT2D eigenvalue weighted by Crippen LogP contribution is 2.42. The van der Waals surface area contributed by atoms with Crippen molar-refractivity contribution in [3.63, 3.8) is 0 Å². The van der Waals surface area contributed by atoms with Gasteiger partial charge in [-0.05, 0) is 151 Å². The Labute approximate surface area is 839 Å². The van der Waals surface area contributed by atoms with Crippen LogP contribution in [0.15, 0.2) is 143 Å². The van der Waals surface area contributed by atoms with Crippen LogP contribution in [0.4, 0.5) is 63.6 Å². The predicted molar refractivity (Wildman–Crippen MR) is 521 cm³/mol. The van der Waals surface area contributed by atoms with E-state index in [1.54, 1.807) is 48.5 Å². The summed E-state index contributed by atoms with van der Waals surface area (Å²) >= 11 is 0. The second-order valence-corrected chi connectivity index (χ2v) is 35.6. The molecule has 2 unspecified atom stereocenters. The molecule has 6 aliphatic heterocycles. The van der Waals surface area contributed by atoms with Gasteiger partial charge in [-0.3, -0.25) is 92.6 Å². The zero-order valence-electron chi connectivity index (χ0n) is 81.6. The summed E-state index contributed by atoms with van der Waals surface area (Å²) in [6.45, 7) is 17.2. The number of nitrogens with two attached hydrogens (primary N) is 1. The molecule has 8 aromatic rings. The number of piperidine rings is 2. The van der Waals surface area contributed by atoms with Crippen LogP contribution in [-0.2, 0) is 75.8 Å². The number of aryl methyl sites for hydroxylation is 1. The Kier molecular flexibility index (Phi) is 39.7. The van der Waals surface area contributed by atoms with Crippen LogP contribution in [0.25, 0.3) is 22.3 Å².